The molecule has 1 saturated carbocycles. The Morgan fingerprint density at radius 3 is 2.50 bits per heavy atom. The Labute approximate surface area is 177 Å². The Hall–Kier alpha value is -2.92. The summed E-state index contributed by atoms with van der Waals surface area (Å²) in [6.07, 6.45) is 2.95. The van der Waals surface area contributed by atoms with Gasteiger partial charge in [-0.3, -0.25) is 19.9 Å². The van der Waals surface area contributed by atoms with Gasteiger partial charge in [-0.1, -0.05) is 19.1 Å². The van der Waals surface area contributed by atoms with E-state index >= 15 is 0 Å². The van der Waals surface area contributed by atoms with E-state index in [-0.39, 0.29) is 18.5 Å². The molecule has 2 aliphatic rings. The van der Waals surface area contributed by atoms with Crippen molar-refractivity contribution in [1.82, 2.24) is 20.7 Å². The lowest BCUT2D eigenvalue weighted by molar-refractivity contribution is -0.140. The Bertz CT molecular complexity index is 851. The Balaban J connectivity index is 1.62. The van der Waals surface area contributed by atoms with Gasteiger partial charge in [0.1, 0.15) is 5.54 Å². The first-order chi connectivity index (χ1) is 14.2. The summed E-state index contributed by atoms with van der Waals surface area (Å²) >= 11 is 0. The van der Waals surface area contributed by atoms with Crippen LogP contribution in [0.5, 0.6) is 0 Å². The summed E-state index contributed by atoms with van der Waals surface area (Å²) in [6.45, 7) is 6.64. The number of nitriles is 1. The van der Waals surface area contributed by atoms with E-state index in [0.717, 1.165) is 23.4 Å². The second-order valence-electron chi connectivity index (χ2n) is 8.68. The van der Waals surface area contributed by atoms with Crippen molar-refractivity contribution in [1.29, 1.82) is 5.26 Å². The molecular weight excluding hydrogens is 382 g/mol. The van der Waals surface area contributed by atoms with Gasteiger partial charge in [-0.25, -0.2) is 4.79 Å². The van der Waals surface area contributed by atoms with E-state index in [9.17, 15) is 14.4 Å². The lowest BCUT2D eigenvalue weighted by atomic mass is 9.77. The van der Waals surface area contributed by atoms with Crippen molar-refractivity contribution in [2.24, 2.45) is 5.92 Å². The molecule has 1 aliphatic carbocycles. The van der Waals surface area contributed by atoms with Gasteiger partial charge >= 0.3 is 6.03 Å². The van der Waals surface area contributed by atoms with Crippen LogP contribution in [0.2, 0.25) is 0 Å². The average molecular weight is 412 g/mol. The first-order valence-electron chi connectivity index (χ1n) is 10.4. The van der Waals surface area contributed by atoms with E-state index < -0.39 is 17.5 Å². The molecule has 2 N–H and O–H groups in total. The summed E-state index contributed by atoms with van der Waals surface area (Å²) in [5, 5.41) is 12.6. The van der Waals surface area contributed by atoms with E-state index in [4.69, 9.17) is 5.26 Å². The van der Waals surface area contributed by atoms with Crippen molar-refractivity contribution in [2.75, 3.05) is 6.54 Å². The number of hydrogen-bond acceptors (Lipinski definition) is 5. The summed E-state index contributed by atoms with van der Waals surface area (Å²) < 4.78 is 0. The summed E-state index contributed by atoms with van der Waals surface area (Å²) in [4.78, 5) is 39.9. The maximum absolute atomic E-state index is 12.9. The number of nitrogens with zero attached hydrogens (tertiary/aromatic N) is 3. The molecule has 8 nitrogen and oxygen atoms in total. The van der Waals surface area contributed by atoms with Crippen LogP contribution in [0, 0.1) is 17.2 Å². The minimum Gasteiger partial charge on any atom is -0.322 e. The third-order valence-corrected chi connectivity index (χ3v) is 6.07. The first kappa shape index (κ1) is 21.8. The molecule has 0 aromatic heterocycles. The lowest BCUT2D eigenvalue weighted by Gasteiger charge is -2.33. The molecule has 1 aromatic rings. The molecule has 3 rings (SSSR count). The highest BCUT2D eigenvalue weighted by atomic mass is 16.2. The van der Waals surface area contributed by atoms with Gasteiger partial charge in [0, 0.05) is 12.6 Å². The summed E-state index contributed by atoms with van der Waals surface area (Å²) in [6, 6.07) is 8.79. The molecule has 8 heteroatoms. The van der Waals surface area contributed by atoms with Crippen LogP contribution in [0.15, 0.2) is 24.3 Å². The van der Waals surface area contributed by atoms with Gasteiger partial charge in [-0.05, 0) is 63.1 Å². The van der Waals surface area contributed by atoms with Crippen LogP contribution in [0.1, 0.15) is 57.6 Å². The summed E-state index contributed by atoms with van der Waals surface area (Å²) in [5.41, 5.74) is 3.17. The molecule has 30 heavy (non-hydrogen) atoms. The summed E-state index contributed by atoms with van der Waals surface area (Å²) in [7, 11) is 0. The molecule has 2 fully saturated rings. The molecule has 0 unspecified atom stereocenters. The fraction of sp³-hybridized carbons (Fsp3) is 0.545. The highest BCUT2D eigenvalue weighted by Gasteiger charge is 2.52. The quantitative estimate of drug-likeness (QED) is 0.699. The molecule has 0 atom stereocenters. The number of amides is 4. The largest absolute Gasteiger partial charge is 0.344 e. The van der Waals surface area contributed by atoms with Crippen LogP contribution in [0.3, 0.4) is 0 Å². The molecule has 0 radical (unpaired) electrons. The molecule has 1 heterocycles. The molecule has 1 saturated heterocycles. The minimum atomic E-state index is -0.878. The number of benzene rings is 1. The van der Waals surface area contributed by atoms with Crippen LogP contribution in [0.25, 0.3) is 0 Å². The van der Waals surface area contributed by atoms with Crippen molar-refractivity contribution in [3.05, 3.63) is 35.4 Å². The SMILES string of the molecule is CC1CCC2(CC1)NC(=O)N(NC(=O)CN(Cc1ccc(C#N)cc1)C(C)C)C2=O. The third kappa shape index (κ3) is 4.62. The van der Waals surface area contributed by atoms with E-state index in [1.807, 2.05) is 30.9 Å². The first-order valence-corrected chi connectivity index (χ1v) is 10.4. The number of urea groups is 1. The predicted molar refractivity (Wildman–Crippen MR) is 111 cm³/mol. The average Bonchev–Trinajstić information content (AvgIpc) is 2.94. The van der Waals surface area contributed by atoms with Crippen LogP contribution >= 0.6 is 0 Å². The lowest BCUT2D eigenvalue weighted by Crippen LogP contribution is -2.53. The van der Waals surface area contributed by atoms with Gasteiger partial charge < -0.3 is 5.32 Å². The fourth-order valence-electron chi connectivity index (χ4n) is 4.00. The molecule has 160 valence electrons. The molecule has 4 amide bonds. The zero-order valence-corrected chi connectivity index (χ0v) is 17.8. The molecule has 1 aliphatic heterocycles. The van der Waals surface area contributed by atoms with Crippen LogP contribution < -0.4 is 10.7 Å². The highest BCUT2D eigenvalue weighted by Crippen LogP contribution is 2.35. The van der Waals surface area contributed by atoms with E-state index in [1.165, 1.54) is 0 Å². The Morgan fingerprint density at radius 2 is 1.93 bits per heavy atom. The number of rotatable bonds is 6. The normalized spacial score (nSPS) is 23.7. The van der Waals surface area contributed by atoms with Crippen molar-refractivity contribution in [3.63, 3.8) is 0 Å². The standard InChI is InChI=1S/C22H29N5O3/c1-15(2)26(13-18-6-4-17(12-23)5-7-18)14-19(28)25-27-20(29)22(24-21(27)30)10-8-16(3)9-11-22/h4-7,15-16H,8-11,13-14H2,1-3H3,(H,24,30)(H,25,28). The smallest absolute Gasteiger partial charge is 0.322 e. The maximum atomic E-state index is 12.9. The second-order valence-corrected chi connectivity index (χ2v) is 8.68. The summed E-state index contributed by atoms with van der Waals surface area (Å²) in [5.74, 6) is -0.246. The van der Waals surface area contributed by atoms with Crippen molar-refractivity contribution < 1.29 is 14.4 Å². The highest BCUT2D eigenvalue weighted by molar-refractivity contribution is 6.08. The number of imide groups is 1. The van der Waals surface area contributed by atoms with E-state index in [0.29, 0.717) is 30.9 Å². The number of hydrazine groups is 1. The number of carbonyl (C=O) groups is 3. The number of nitrogens with one attached hydrogen (secondary N) is 2. The molecular formula is C22H29N5O3. The van der Waals surface area contributed by atoms with Gasteiger partial charge in [0.2, 0.25) is 0 Å². The molecule has 1 spiro atoms. The van der Waals surface area contributed by atoms with E-state index in [1.54, 1.807) is 12.1 Å². The number of hydrogen-bond donors (Lipinski definition) is 2. The van der Waals surface area contributed by atoms with Crippen LogP contribution in [-0.2, 0) is 16.1 Å². The van der Waals surface area contributed by atoms with Gasteiger partial charge in [-0.15, -0.1) is 0 Å². The molecule has 0 bridgehead atoms. The fourth-order valence-corrected chi connectivity index (χ4v) is 4.00. The monoisotopic (exact) mass is 411 g/mol. The van der Waals surface area contributed by atoms with Gasteiger partial charge in [-0.2, -0.15) is 10.3 Å². The number of carbonyl (C=O) groups excluding carboxylic acids is 3. The Kier molecular flexibility index (Phi) is 6.42. The molecule has 1 aromatic carbocycles. The topological polar surface area (TPSA) is 106 Å². The minimum absolute atomic E-state index is 0.0404. The Morgan fingerprint density at radius 1 is 1.30 bits per heavy atom. The van der Waals surface area contributed by atoms with Gasteiger partial charge in [0.25, 0.3) is 11.8 Å². The van der Waals surface area contributed by atoms with Crippen LogP contribution in [0.4, 0.5) is 4.79 Å². The van der Waals surface area contributed by atoms with Crippen molar-refractivity contribution in [2.45, 2.75) is 64.6 Å². The zero-order chi connectivity index (χ0) is 21.9. The van der Waals surface area contributed by atoms with Crippen molar-refractivity contribution >= 4 is 17.8 Å². The van der Waals surface area contributed by atoms with E-state index in [2.05, 4.69) is 23.7 Å². The second kappa shape index (κ2) is 8.84. The van der Waals surface area contributed by atoms with Gasteiger partial charge in [0.05, 0.1) is 18.2 Å². The van der Waals surface area contributed by atoms with Crippen LogP contribution in [-0.4, -0.2) is 45.9 Å². The zero-order valence-electron chi connectivity index (χ0n) is 17.8. The predicted octanol–water partition coefficient (Wildman–Crippen LogP) is 2.30. The third-order valence-electron chi connectivity index (χ3n) is 6.07. The van der Waals surface area contributed by atoms with Crippen molar-refractivity contribution in [3.8, 4) is 6.07 Å². The van der Waals surface area contributed by atoms with Gasteiger partial charge in [0.15, 0.2) is 0 Å². The maximum Gasteiger partial charge on any atom is 0.344 e.